The Morgan fingerprint density at radius 2 is 2.05 bits per heavy atom. The van der Waals surface area contributed by atoms with E-state index in [1.54, 1.807) is 6.07 Å². The maximum atomic E-state index is 12.4. The lowest BCUT2D eigenvalue weighted by Crippen LogP contribution is -2.52. The number of halogens is 3. The van der Waals surface area contributed by atoms with Crippen molar-refractivity contribution in [2.75, 3.05) is 19.6 Å². The number of Topliss-reactive ketones (excluding diaryl/α,β-unsaturated/α-hetero) is 1. The van der Waals surface area contributed by atoms with E-state index in [1.807, 2.05) is 0 Å². The smallest absolute Gasteiger partial charge is 0.401 e. The monoisotopic (exact) mass is 300 g/mol. The molecule has 1 aromatic rings. The average Bonchev–Trinajstić information content (AvgIpc) is 2.40. The summed E-state index contributed by atoms with van der Waals surface area (Å²) in [4.78, 5) is 17.5. The molecule has 0 N–H and O–H groups in total. The van der Waals surface area contributed by atoms with Crippen LogP contribution in [0.3, 0.4) is 0 Å². The number of likely N-dealkylation sites (tertiary alicyclic amines) is 1. The maximum absolute atomic E-state index is 12.4. The number of aromatic nitrogens is 1. The number of carbonyl (C=O) groups excluding carboxylic acids is 1. The minimum atomic E-state index is -4.19. The lowest BCUT2D eigenvalue weighted by Gasteiger charge is -2.43. The standard InChI is InChI=1S/C14H15F3N2O2/c15-14(16,17)9-19-5-2-13(3-6-19)7-11(20)10-1-4-18-8-12(10)21-13/h1,4,8H,2-3,5-7,9H2. The second kappa shape index (κ2) is 4.98. The molecule has 0 amide bonds. The number of alkyl halides is 3. The highest BCUT2D eigenvalue weighted by Gasteiger charge is 2.44. The van der Waals surface area contributed by atoms with E-state index in [-0.39, 0.29) is 25.3 Å². The third-order valence-corrected chi connectivity index (χ3v) is 4.06. The second-order valence-electron chi connectivity index (χ2n) is 5.65. The van der Waals surface area contributed by atoms with E-state index >= 15 is 0 Å². The van der Waals surface area contributed by atoms with Gasteiger partial charge in [0, 0.05) is 32.1 Å². The summed E-state index contributed by atoms with van der Waals surface area (Å²) in [7, 11) is 0. The van der Waals surface area contributed by atoms with Crippen LogP contribution in [0.25, 0.3) is 0 Å². The van der Waals surface area contributed by atoms with Crippen molar-refractivity contribution in [2.45, 2.75) is 31.0 Å². The summed E-state index contributed by atoms with van der Waals surface area (Å²) in [6, 6.07) is 1.61. The number of carbonyl (C=O) groups is 1. The lowest BCUT2D eigenvalue weighted by molar-refractivity contribution is -0.153. The molecule has 3 rings (SSSR count). The number of ketones is 1. The molecule has 114 valence electrons. The molecule has 0 saturated carbocycles. The van der Waals surface area contributed by atoms with Crippen molar-refractivity contribution in [1.29, 1.82) is 0 Å². The molecule has 0 bridgehead atoms. The molecule has 7 heteroatoms. The fraction of sp³-hybridized carbons (Fsp3) is 0.571. The van der Waals surface area contributed by atoms with Gasteiger partial charge in [-0.25, -0.2) is 0 Å². The van der Waals surface area contributed by atoms with Crippen molar-refractivity contribution in [1.82, 2.24) is 9.88 Å². The first-order chi connectivity index (χ1) is 9.87. The number of nitrogens with zero attached hydrogens (tertiary/aromatic N) is 2. The van der Waals surface area contributed by atoms with Crippen molar-refractivity contribution >= 4 is 5.78 Å². The van der Waals surface area contributed by atoms with Gasteiger partial charge in [0.05, 0.1) is 24.7 Å². The molecule has 21 heavy (non-hydrogen) atoms. The Morgan fingerprint density at radius 3 is 2.71 bits per heavy atom. The third-order valence-electron chi connectivity index (χ3n) is 4.06. The van der Waals surface area contributed by atoms with Crippen molar-refractivity contribution in [3.63, 3.8) is 0 Å². The fourth-order valence-electron chi connectivity index (χ4n) is 3.00. The van der Waals surface area contributed by atoms with Gasteiger partial charge in [-0.15, -0.1) is 0 Å². The number of hydrogen-bond donors (Lipinski definition) is 0. The lowest BCUT2D eigenvalue weighted by atomic mass is 9.82. The number of ether oxygens (including phenoxy) is 1. The topological polar surface area (TPSA) is 42.4 Å². The van der Waals surface area contributed by atoms with E-state index < -0.39 is 18.3 Å². The summed E-state index contributed by atoms with van der Waals surface area (Å²) in [6.45, 7) is -0.347. The molecular formula is C14H15F3N2O2. The van der Waals surface area contributed by atoms with Crippen LogP contribution in [0.5, 0.6) is 5.75 Å². The molecule has 1 saturated heterocycles. The highest BCUT2D eigenvalue weighted by atomic mass is 19.4. The first-order valence-electron chi connectivity index (χ1n) is 6.82. The predicted molar refractivity (Wildman–Crippen MR) is 68.3 cm³/mol. The van der Waals surface area contributed by atoms with Gasteiger partial charge in [0.1, 0.15) is 11.4 Å². The highest BCUT2D eigenvalue weighted by molar-refractivity contribution is 6.00. The zero-order valence-electron chi connectivity index (χ0n) is 11.3. The SMILES string of the molecule is O=C1CC2(CCN(CC(F)(F)F)CC2)Oc2cnccc21. The Hall–Kier alpha value is -1.63. The molecule has 0 aliphatic carbocycles. The van der Waals surface area contributed by atoms with Crippen LogP contribution < -0.4 is 4.74 Å². The van der Waals surface area contributed by atoms with Crippen LogP contribution in [0.2, 0.25) is 0 Å². The van der Waals surface area contributed by atoms with E-state index in [0.29, 0.717) is 24.2 Å². The van der Waals surface area contributed by atoms with E-state index in [2.05, 4.69) is 4.98 Å². The molecule has 0 unspecified atom stereocenters. The summed E-state index contributed by atoms with van der Waals surface area (Å²) in [6.07, 6.45) is -0.0965. The summed E-state index contributed by atoms with van der Waals surface area (Å²) in [5.41, 5.74) is -0.164. The highest BCUT2D eigenvalue weighted by Crippen LogP contribution is 2.39. The van der Waals surface area contributed by atoms with Crippen molar-refractivity contribution in [3.8, 4) is 5.75 Å². The van der Waals surface area contributed by atoms with Gasteiger partial charge in [-0.3, -0.25) is 14.7 Å². The molecule has 2 aliphatic heterocycles. The Balaban J connectivity index is 1.70. The molecule has 1 spiro atoms. The fourth-order valence-corrected chi connectivity index (χ4v) is 3.00. The molecule has 0 aromatic carbocycles. The van der Waals surface area contributed by atoms with Crippen molar-refractivity contribution < 1.29 is 22.7 Å². The number of hydrogen-bond acceptors (Lipinski definition) is 4. The quantitative estimate of drug-likeness (QED) is 0.799. The Bertz CT molecular complexity index is 551. The molecular weight excluding hydrogens is 285 g/mol. The van der Waals surface area contributed by atoms with Crippen LogP contribution in [0.4, 0.5) is 13.2 Å². The Labute approximate surface area is 119 Å². The average molecular weight is 300 g/mol. The maximum Gasteiger partial charge on any atom is 0.401 e. The van der Waals surface area contributed by atoms with Crippen LogP contribution in [0, 0.1) is 0 Å². The van der Waals surface area contributed by atoms with E-state index in [9.17, 15) is 18.0 Å². The van der Waals surface area contributed by atoms with Gasteiger partial charge in [0.15, 0.2) is 5.78 Å². The molecule has 2 aliphatic rings. The van der Waals surface area contributed by atoms with Crippen molar-refractivity contribution in [3.05, 3.63) is 24.0 Å². The van der Waals surface area contributed by atoms with Crippen LogP contribution in [0.1, 0.15) is 29.6 Å². The number of pyridine rings is 1. The molecule has 4 nitrogen and oxygen atoms in total. The molecule has 1 fully saturated rings. The first kappa shape index (κ1) is 14.3. The summed E-state index contributed by atoms with van der Waals surface area (Å²) in [5.74, 6) is 0.418. The number of rotatable bonds is 1. The summed E-state index contributed by atoms with van der Waals surface area (Å²) >= 11 is 0. The van der Waals surface area contributed by atoms with E-state index in [4.69, 9.17) is 4.74 Å². The number of fused-ring (bicyclic) bond motifs is 1. The van der Waals surface area contributed by atoms with Crippen LogP contribution in [-0.4, -0.2) is 47.1 Å². The van der Waals surface area contributed by atoms with Gasteiger partial charge in [0.25, 0.3) is 0 Å². The zero-order valence-corrected chi connectivity index (χ0v) is 11.3. The minimum Gasteiger partial charge on any atom is -0.484 e. The van der Waals surface area contributed by atoms with Gasteiger partial charge in [-0.2, -0.15) is 13.2 Å². The zero-order chi connectivity index (χ0) is 15.1. The van der Waals surface area contributed by atoms with Crippen LogP contribution in [0.15, 0.2) is 18.5 Å². The van der Waals surface area contributed by atoms with E-state index in [0.717, 1.165) is 0 Å². The van der Waals surface area contributed by atoms with Gasteiger partial charge < -0.3 is 4.74 Å². The largest absolute Gasteiger partial charge is 0.484 e. The van der Waals surface area contributed by atoms with Gasteiger partial charge in [0.2, 0.25) is 0 Å². The van der Waals surface area contributed by atoms with Gasteiger partial charge in [-0.05, 0) is 6.07 Å². The molecule has 0 atom stereocenters. The summed E-state index contributed by atoms with van der Waals surface area (Å²) < 4.78 is 43.1. The minimum absolute atomic E-state index is 0.0251. The van der Waals surface area contributed by atoms with Gasteiger partial charge in [-0.1, -0.05) is 0 Å². The molecule has 1 aromatic heterocycles. The first-order valence-corrected chi connectivity index (χ1v) is 6.82. The van der Waals surface area contributed by atoms with Crippen LogP contribution >= 0.6 is 0 Å². The number of piperidine rings is 1. The Morgan fingerprint density at radius 1 is 1.33 bits per heavy atom. The third kappa shape index (κ3) is 3.02. The van der Waals surface area contributed by atoms with E-state index in [1.165, 1.54) is 17.3 Å². The normalized spacial score (nSPS) is 22.0. The Kier molecular flexibility index (Phi) is 3.39. The molecule has 0 radical (unpaired) electrons. The summed E-state index contributed by atoms with van der Waals surface area (Å²) in [5, 5.41) is 0. The predicted octanol–water partition coefficient (Wildman–Crippen LogP) is 2.44. The molecule has 3 heterocycles. The van der Waals surface area contributed by atoms with Gasteiger partial charge >= 0.3 is 6.18 Å². The second-order valence-corrected chi connectivity index (χ2v) is 5.65. The van der Waals surface area contributed by atoms with Crippen molar-refractivity contribution in [2.24, 2.45) is 0 Å². The van der Waals surface area contributed by atoms with Crippen LogP contribution in [-0.2, 0) is 0 Å².